The Bertz CT molecular complexity index is 5960. The number of unbranched alkanes of at least 4 members (excludes halogenated alkanes) is 32. The first-order valence-corrected chi connectivity index (χ1v) is 50.8. The van der Waals surface area contributed by atoms with Gasteiger partial charge in [0.25, 0.3) is 44.5 Å². The van der Waals surface area contributed by atoms with Crippen LogP contribution < -0.4 is 44.5 Å². The lowest BCUT2D eigenvalue weighted by Crippen LogP contribution is -2.37. The van der Waals surface area contributed by atoms with Crippen LogP contribution in [-0.4, -0.2) is 18.3 Å². The van der Waals surface area contributed by atoms with Crippen molar-refractivity contribution in [2.24, 2.45) is 0 Å². The van der Waals surface area contributed by atoms with Gasteiger partial charge < -0.3 is 0 Å². The van der Waals surface area contributed by atoms with Crippen molar-refractivity contribution in [3.8, 4) is 0 Å². The van der Waals surface area contributed by atoms with Crippen molar-refractivity contribution in [2.45, 2.75) is 388 Å². The number of rotatable bonds is 52. The van der Waals surface area contributed by atoms with Gasteiger partial charge >= 0.3 is 0 Å². The third-order valence-corrected chi connectivity index (χ3v) is 30.4. The van der Waals surface area contributed by atoms with Crippen molar-refractivity contribution in [3.63, 3.8) is 0 Å². The SMILES string of the molecule is CCCCCCCC(CCCCCCC)n1c(=O)c2cc(Cl)c3c4c(Cl)cc5c(=O)n(C(CCCCCCC)CCCCCCC)c(=O)c6cc7c8cc9c(=O)n(C(CCCCCCC)CCCCCCC)c(=O)c%10cc(Cl)c%11c%12c(Cl)cc%13c(=O)n(C(CCCCCCC)CCCCCCC)c(=O)c%14cc(c%15cc(c1=O)c2c3c%15c7c4c56)c(c8c%11c%109)c%12c%13%14. The largest absolute Gasteiger partial charge is 0.271 e. The monoisotopic (exact) mass is 1750 g/mol. The topological polar surface area (TPSA) is 156 Å². The molecule has 16 heteroatoms. The van der Waals surface area contributed by atoms with E-state index in [2.05, 4.69) is 55.4 Å². The van der Waals surface area contributed by atoms with E-state index in [1.54, 1.807) is 24.3 Å². The molecule has 0 fully saturated rings. The molecule has 0 aliphatic carbocycles. The molecule has 11 aromatic carbocycles. The average Bonchev–Trinajstić information content (AvgIpc) is 0.653. The highest BCUT2D eigenvalue weighted by atomic mass is 35.5. The van der Waals surface area contributed by atoms with Crippen molar-refractivity contribution in [3.05, 3.63) is 151 Å². The molecule has 0 amide bonds. The molecule has 4 aromatic heterocycles. The van der Waals surface area contributed by atoms with Crippen molar-refractivity contribution in [1.29, 1.82) is 0 Å². The Kier molecular flexibility index (Phi) is 30.1. The van der Waals surface area contributed by atoms with Crippen LogP contribution in [0.25, 0.3) is 151 Å². The second kappa shape index (κ2) is 40.9. The smallest absolute Gasteiger partial charge is 0.261 e. The quantitative estimate of drug-likeness (QED) is 0.0207. The fraction of sp³-hybridized carbons (Fsp3) is 0.556. The number of pyridine rings is 4. The third-order valence-electron chi connectivity index (χ3n) is 29.2. The summed E-state index contributed by atoms with van der Waals surface area (Å²) in [4.78, 5) is 134. The Morgan fingerprint density at radius 1 is 0.169 bits per heavy atom. The molecule has 4 heterocycles. The van der Waals surface area contributed by atoms with Gasteiger partial charge in [-0.2, -0.15) is 0 Å². The number of benzene rings is 10. The number of aromatic nitrogens is 4. The fourth-order valence-electron chi connectivity index (χ4n) is 22.8. The molecule has 0 bridgehead atoms. The van der Waals surface area contributed by atoms with Gasteiger partial charge in [-0.15, -0.1) is 0 Å². The average molecular weight is 1760 g/mol. The maximum atomic E-state index is 17.1. The van der Waals surface area contributed by atoms with Gasteiger partial charge in [0.15, 0.2) is 0 Å². The Morgan fingerprint density at radius 2 is 0.306 bits per heavy atom. The van der Waals surface area contributed by atoms with Gasteiger partial charge in [-0.05, 0) is 143 Å². The molecule has 0 radical (unpaired) electrons. The van der Waals surface area contributed by atoms with E-state index in [9.17, 15) is 0 Å². The van der Waals surface area contributed by atoms with Crippen LogP contribution in [0.4, 0.5) is 0 Å². The van der Waals surface area contributed by atoms with E-state index >= 15 is 38.4 Å². The second-order valence-electron chi connectivity index (χ2n) is 37.7. The van der Waals surface area contributed by atoms with Crippen LogP contribution in [0.2, 0.25) is 20.1 Å². The molecule has 15 rings (SSSR count). The number of fused-ring (bicyclic) bond motifs is 4. The van der Waals surface area contributed by atoms with Crippen LogP contribution in [0.15, 0.2) is 86.9 Å². The third kappa shape index (κ3) is 16.8. The van der Waals surface area contributed by atoms with E-state index in [-0.39, 0.29) is 63.2 Å². The molecule has 0 atom stereocenters. The minimum atomic E-state index is -0.465. The fourth-order valence-corrected chi connectivity index (χ4v) is 24.0. The Balaban J connectivity index is 1.20. The zero-order valence-electron chi connectivity index (χ0n) is 75.4. The molecule has 660 valence electrons. The number of hydrogen-bond acceptors (Lipinski definition) is 8. The lowest BCUT2D eigenvalue weighted by molar-refractivity contribution is 0.382. The van der Waals surface area contributed by atoms with Gasteiger partial charge in [0.1, 0.15) is 0 Å². The molecule has 0 spiro atoms. The normalized spacial score (nSPS) is 12.8. The van der Waals surface area contributed by atoms with Crippen LogP contribution >= 0.6 is 46.4 Å². The summed E-state index contributed by atoms with van der Waals surface area (Å²) in [7, 11) is 0. The number of hydrogen-bond donors (Lipinski definition) is 0. The summed E-state index contributed by atoms with van der Waals surface area (Å²) < 4.78 is 6.14. The Labute approximate surface area is 749 Å². The van der Waals surface area contributed by atoms with Crippen LogP contribution in [0.5, 0.6) is 0 Å². The van der Waals surface area contributed by atoms with Crippen LogP contribution in [-0.2, 0) is 0 Å². The molecule has 0 aliphatic heterocycles. The molecule has 0 saturated carbocycles. The zero-order valence-corrected chi connectivity index (χ0v) is 78.5. The van der Waals surface area contributed by atoms with E-state index in [0.717, 1.165) is 257 Å². The van der Waals surface area contributed by atoms with Gasteiger partial charge in [0, 0.05) is 130 Å². The van der Waals surface area contributed by atoms with Gasteiger partial charge in [0.2, 0.25) is 0 Å². The molecular weight excluding hydrogens is 1620 g/mol. The van der Waals surface area contributed by atoms with Gasteiger partial charge in [-0.25, -0.2) is 0 Å². The highest BCUT2D eigenvalue weighted by Gasteiger charge is 2.36. The van der Waals surface area contributed by atoms with Crippen molar-refractivity contribution < 1.29 is 0 Å². The maximum Gasteiger partial charge on any atom is 0.261 e. The van der Waals surface area contributed by atoms with Gasteiger partial charge in [0.05, 0.1) is 21.5 Å². The van der Waals surface area contributed by atoms with E-state index in [4.69, 9.17) is 46.4 Å². The first-order chi connectivity index (χ1) is 60.4. The Morgan fingerprint density at radius 3 is 0.452 bits per heavy atom. The summed E-state index contributed by atoms with van der Waals surface area (Å²) in [5.74, 6) is 0. The molecule has 0 saturated heterocycles. The minimum absolute atomic E-state index is 0.176. The summed E-state index contributed by atoms with van der Waals surface area (Å²) in [5.41, 5.74) is -3.61. The van der Waals surface area contributed by atoms with E-state index in [0.29, 0.717) is 159 Å². The standard InChI is InChI=1S/C108H132Cl4N4O8/c1-9-17-25-33-41-49-65(50-42-34-26-18-10-2)113-101(117)73-57-69-70-58-74-86-79(107(123)114(102(74)118)66(51-43-35-27-19-11-3)52-44-36-28-20-12-4)63-83(111)95-96-84(112)64-80-88-76(104(120)116(108(80)124)68(55-47-39-31-23-15-7)56-48-40-32-24-16-8)60-72(92(100(88)96)90(70)98(86)95)71-59-75-87-78(106(122)115(103(75)119)67(53-45-37-29-21-13-5)54-46-38-30-22-14-6)62-82(110)94-93-81(109)61-77(105(113)121)85(73)97(93)89(69)91(71)99(87)94/h57-68H,9-56H2,1-8H3. The molecule has 0 N–H and O–H groups in total. The minimum Gasteiger partial charge on any atom is -0.271 e. The zero-order chi connectivity index (χ0) is 87.3. The maximum absolute atomic E-state index is 17.1. The predicted octanol–water partition coefficient (Wildman–Crippen LogP) is 31.6. The van der Waals surface area contributed by atoms with E-state index < -0.39 is 68.6 Å². The molecule has 124 heavy (non-hydrogen) atoms. The lowest BCUT2D eigenvalue weighted by atomic mass is 9.78. The van der Waals surface area contributed by atoms with Crippen LogP contribution in [0, 0.1) is 0 Å². The highest BCUT2D eigenvalue weighted by molar-refractivity contribution is 6.59. The first-order valence-electron chi connectivity index (χ1n) is 49.3. The summed E-state index contributed by atoms with van der Waals surface area (Å²) in [6, 6.07) is 12.7. The first kappa shape index (κ1) is 91.3. The summed E-state index contributed by atoms with van der Waals surface area (Å²) in [6.07, 6.45) is 44.4. The summed E-state index contributed by atoms with van der Waals surface area (Å²) in [6.45, 7) is 17.6. The number of halogens is 4. The molecular formula is C108H132Cl4N4O8. The molecule has 12 nitrogen and oxygen atoms in total. The highest BCUT2D eigenvalue weighted by Crippen LogP contribution is 2.58. The van der Waals surface area contributed by atoms with Gasteiger partial charge in [-0.3, -0.25) is 56.6 Å². The molecule has 0 unspecified atom stereocenters. The van der Waals surface area contributed by atoms with Gasteiger partial charge in [-0.1, -0.05) is 359 Å². The van der Waals surface area contributed by atoms with E-state index in [1.165, 1.54) is 18.3 Å². The Hall–Kier alpha value is -7.48. The lowest BCUT2D eigenvalue weighted by Gasteiger charge is -2.27. The van der Waals surface area contributed by atoms with Crippen LogP contribution in [0.1, 0.15) is 388 Å². The van der Waals surface area contributed by atoms with Crippen molar-refractivity contribution >= 4 is 197 Å². The van der Waals surface area contributed by atoms with E-state index in [1.807, 2.05) is 24.3 Å². The molecule has 15 aromatic rings. The second-order valence-corrected chi connectivity index (χ2v) is 39.3. The van der Waals surface area contributed by atoms with Crippen LogP contribution in [0.3, 0.4) is 0 Å². The summed E-state index contributed by atoms with van der Waals surface area (Å²) >= 11 is 32.9. The predicted molar refractivity (Wildman–Crippen MR) is 535 cm³/mol. The molecule has 0 aliphatic rings. The van der Waals surface area contributed by atoms with Crippen molar-refractivity contribution in [2.75, 3.05) is 0 Å². The summed E-state index contributed by atoms with van der Waals surface area (Å²) in [5, 5.41) is 11.9. The van der Waals surface area contributed by atoms with Crippen molar-refractivity contribution in [1.82, 2.24) is 18.3 Å². The number of nitrogens with zero attached hydrogens (tertiary/aromatic N) is 4.